The molecule has 0 radical (unpaired) electrons. The molecule has 0 saturated carbocycles. The highest BCUT2D eigenvalue weighted by Crippen LogP contribution is 2.15. The monoisotopic (exact) mass is 284 g/mol. The molecule has 1 aromatic rings. The Kier molecular flexibility index (Phi) is 6.74. The lowest BCUT2D eigenvalue weighted by Gasteiger charge is -2.08. The van der Waals surface area contributed by atoms with Gasteiger partial charge < -0.3 is 15.4 Å². The number of ether oxygens (including phenoxy) is 1. The van der Waals surface area contributed by atoms with Gasteiger partial charge in [0.15, 0.2) is 6.61 Å². The van der Waals surface area contributed by atoms with Crippen LogP contribution in [0.15, 0.2) is 24.3 Å². The second-order valence-corrected chi connectivity index (χ2v) is 4.23. The molecule has 0 fully saturated rings. The van der Waals surface area contributed by atoms with Crippen molar-refractivity contribution in [3.8, 4) is 5.75 Å². The quantitative estimate of drug-likeness (QED) is 0.743. The summed E-state index contributed by atoms with van der Waals surface area (Å²) in [7, 11) is 0. The van der Waals surface area contributed by atoms with Gasteiger partial charge in [-0.2, -0.15) is 0 Å². The van der Waals surface area contributed by atoms with Crippen molar-refractivity contribution in [1.29, 1.82) is 0 Å². The minimum atomic E-state index is -0.235. The fourth-order valence-electron chi connectivity index (χ4n) is 1.26. The van der Waals surface area contributed by atoms with Crippen LogP contribution in [0, 0.1) is 0 Å². The summed E-state index contributed by atoms with van der Waals surface area (Å²) in [6.07, 6.45) is 0.438. The van der Waals surface area contributed by atoms with Gasteiger partial charge in [0.1, 0.15) is 5.75 Å². The van der Waals surface area contributed by atoms with Gasteiger partial charge in [0, 0.05) is 24.5 Å². The number of hydrogen-bond acceptors (Lipinski definition) is 3. The van der Waals surface area contributed by atoms with Gasteiger partial charge in [-0.25, -0.2) is 0 Å². The van der Waals surface area contributed by atoms with Crippen LogP contribution >= 0.6 is 11.6 Å². The molecule has 19 heavy (non-hydrogen) atoms. The summed E-state index contributed by atoms with van der Waals surface area (Å²) in [5.41, 5.74) is 0. The van der Waals surface area contributed by atoms with Crippen molar-refractivity contribution in [3.05, 3.63) is 29.3 Å². The van der Waals surface area contributed by atoms with E-state index in [1.165, 1.54) is 0 Å². The Balaban J connectivity index is 2.14. The number of benzene rings is 1. The number of carbonyl (C=O) groups is 2. The maximum absolute atomic E-state index is 11.4. The number of carbonyl (C=O) groups excluding carboxylic acids is 2. The standard InChI is InChI=1S/C13H17ClN2O3/c1-2-12(17)15-7-8-16-13(18)9-19-11-5-3-10(14)4-6-11/h3-6H,2,7-9H2,1H3,(H,15,17)(H,16,18). The zero-order chi connectivity index (χ0) is 14.1. The van der Waals surface area contributed by atoms with Crippen LogP contribution in [0.1, 0.15) is 13.3 Å². The Labute approximate surface area is 117 Å². The van der Waals surface area contributed by atoms with E-state index in [1.807, 2.05) is 0 Å². The Morgan fingerprint density at radius 2 is 1.68 bits per heavy atom. The van der Waals surface area contributed by atoms with E-state index in [-0.39, 0.29) is 18.4 Å². The van der Waals surface area contributed by atoms with Crippen molar-refractivity contribution >= 4 is 23.4 Å². The van der Waals surface area contributed by atoms with Crippen LogP contribution in [0.3, 0.4) is 0 Å². The molecule has 1 rings (SSSR count). The van der Waals surface area contributed by atoms with Gasteiger partial charge in [-0.1, -0.05) is 18.5 Å². The molecule has 5 nitrogen and oxygen atoms in total. The molecule has 0 aliphatic heterocycles. The SMILES string of the molecule is CCC(=O)NCCNC(=O)COc1ccc(Cl)cc1. The first-order valence-corrected chi connectivity index (χ1v) is 6.41. The molecule has 0 unspecified atom stereocenters. The Bertz CT molecular complexity index is 420. The Hall–Kier alpha value is -1.75. The molecular formula is C13H17ClN2O3. The van der Waals surface area contributed by atoms with E-state index in [4.69, 9.17) is 16.3 Å². The predicted molar refractivity (Wildman–Crippen MR) is 73.3 cm³/mol. The molecule has 0 aliphatic rings. The van der Waals surface area contributed by atoms with E-state index in [9.17, 15) is 9.59 Å². The summed E-state index contributed by atoms with van der Waals surface area (Å²) in [5, 5.41) is 5.91. The molecule has 0 bridgehead atoms. The first-order valence-electron chi connectivity index (χ1n) is 6.03. The third kappa shape index (κ3) is 6.67. The normalized spacial score (nSPS) is 9.79. The van der Waals surface area contributed by atoms with E-state index in [1.54, 1.807) is 31.2 Å². The molecular weight excluding hydrogens is 268 g/mol. The Morgan fingerprint density at radius 3 is 2.26 bits per heavy atom. The van der Waals surface area contributed by atoms with Gasteiger partial charge in [0.2, 0.25) is 5.91 Å². The van der Waals surface area contributed by atoms with Crippen molar-refractivity contribution in [2.24, 2.45) is 0 Å². The van der Waals surface area contributed by atoms with Crippen molar-refractivity contribution in [2.45, 2.75) is 13.3 Å². The van der Waals surface area contributed by atoms with E-state index in [0.717, 1.165) is 0 Å². The van der Waals surface area contributed by atoms with Gasteiger partial charge in [0.25, 0.3) is 5.91 Å². The molecule has 0 atom stereocenters. The van der Waals surface area contributed by atoms with Gasteiger partial charge >= 0.3 is 0 Å². The summed E-state index contributed by atoms with van der Waals surface area (Å²) in [6.45, 7) is 2.51. The Morgan fingerprint density at radius 1 is 1.11 bits per heavy atom. The van der Waals surface area contributed by atoms with Crippen molar-refractivity contribution < 1.29 is 14.3 Å². The van der Waals surface area contributed by atoms with Gasteiger partial charge in [-0.05, 0) is 24.3 Å². The molecule has 2 amide bonds. The molecule has 0 heterocycles. The third-order valence-electron chi connectivity index (χ3n) is 2.27. The number of amides is 2. The zero-order valence-electron chi connectivity index (χ0n) is 10.7. The molecule has 0 spiro atoms. The van der Waals surface area contributed by atoms with E-state index >= 15 is 0 Å². The number of halogens is 1. The minimum Gasteiger partial charge on any atom is -0.484 e. The van der Waals surface area contributed by atoms with Crippen LogP contribution in [-0.2, 0) is 9.59 Å². The topological polar surface area (TPSA) is 67.4 Å². The van der Waals surface area contributed by atoms with Crippen LogP contribution in [0.2, 0.25) is 5.02 Å². The fourth-order valence-corrected chi connectivity index (χ4v) is 1.39. The lowest BCUT2D eigenvalue weighted by atomic mass is 10.3. The third-order valence-corrected chi connectivity index (χ3v) is 2.53. The average Bonchev–Trinajstić information content (AvgIpc) is 2.42. The largest absolute Gasteiger partial charge is 0.484 e. The lowest BCUT2D eigenvalue weighted by Crippen LogP contribution is -2.36. The molecule has 2 N–H and O–H groups in total. The van der Waals surface area contributed by atoms with Crippen LogP contribution in [0.4, 0.5) is 0 Å². The number of hydrogen-bond donors (Lipinski definition) is 2. The second-order valence-electron chi connectivity index (χ2n) is 3.80. The molecule has 6 heteroatoms. The summed E-state index contributed by atoms with van der Waals surface area (Å²) in [6, 6.07) is 6.76. The van der Waals surface area contributed by atoms with E-state index < -0.39 is 0 Å². The smallest absolute Gasteiger partial charge is 0.258 e. The first kappa shape index (κ1) is 15.3. The summed E-state index contributed by atoms with van der Waals surface area (Å²) < 4.78 is 5.26. The molecule has 0 aromatic heterocycles. The van der Waals surface area contributed by atoms with Gasteiger partial charge in [-0.3, -0.25) is 9.59 Å². The predicted octanol–water partition coefficient (Wildman–Crippen LogP) is 1.36. The molecule has 104 valence electrons. The van der Waals surface area contributed by atoms with E-state index in [0.29, 0.717) is 30.3 Å². The zero-order valence-corrected chi connectivity index (χ0v) is 11.5. The maximum Gasteiger partial charge on any atom is 0.258 e. The summed E-state index contributed by atoms with van der Waals surface area (Å²) in [5.74, 6) is 0.311. The first-order chi connectivity index (χ1) is 9.11. The second kappa shape index (κ2) is 8.37. The van der Waals surface area contributed by atoms with Crippen molar-refractivity contribution in [2.75, 3.05) is 19.7 Å². The highest BCUT2D eigenvalue weighted by molar-refractivity contribution is 6.30. The van der Waals surface area contributed by atoms with Crippen molar-refractivity contribution in [3.63, 3.8) is 0 Å². The van der Waals surface area contributed by atoms with Crippen LogP contribution in [0.5, 0.6) is 5.75 Å². The number of nitrogens with one attached hydrogen (secondary N) is 2. The van der Waals surface area contributed by atoms with Crippen molar-refractivity contribution in [1.82, 2.24) is 10.6 Å². The number of rotatable bonds is 7. The summed E-state index contributed by atoms with van der Waals surface area (Å²) >= 11 is 5.73. The average molecular weight is 285 g/mol. The fraction of sp³-hybridized carbons (Fsp3) is 0.385. The summed E-state index contributed by atoms with van der Waals surface area (Å²) in [4.78, 5) is 22.4. The van der Waals surface area contributed by atoms with Crippen LogP contribution < -0.4 is 15.4 Å². The molecule has 0 saturated heterocycles. The van der Waals surface area contributed by atoms with Crippen LogP contribution in [0.25, 0.3) is 0 Å². The highest BCUT2D eigenvalue weighted by atomic mass is 35.5. The molecule has 1 aromatic carbocycles. The highest BCUT2D eigenvalue weighted by Gasteiger charge is 2.02. The van der Waals surface area contributed by atoms with Gasteiger partial charge in [-0.15, -0.1) is 0 Å². The minimum absolute atomic E-state index is 0.0355. The van der Waals surface area contributed by atoms with E-state index in [2.05, 4.69) is 10.6 Å². The maximum atomic E-state index is 11.4. The lowest BCUT2D eigenvalue weighted by molar-refractivity contribution is -0.124. The van der Waals surface area contributed by atoms with Gasteiger partial charge in [0.05, 0.1) is 0 Å². The van der Waals surface area contributed by atoms with Crippen LogP contribution in [-0.4, -0.2) is 31.5 Å². The molecule has 0 aliphatic carbocycles.